The van der Waals surface area contributed by atoms with Crippen molar-refractivity contribution in [3.8, 4) is 0 Å². The van der Waals surface area contributed by atoms with E-state index in [0.29, 0.717) is 69.4 Å². The van der Waals surface area contributed by atoms with Gasteiger partial charge in [0, 0.05) is 68.3 Å². The number of hydrogen-bond donors (Lipinski definition) is 1. The molecule has 4 heterocycles. The molecule has 2 saturated heterocycles. The first kappa shape index (κ1) is 54.0. The van der Waals surface area contributed by atoms with Gasteiger partial charge in [0.2, 0.25) is 5.28 Å². The van der Waals surface area contributed by atoms with Crippen LogP contribution in [0.25, 0.3) is 0 Å². The molecule has 2 aromatic heterocycles. The second-order valence-corrected chi connectivity index (χ2v) is 16.8. The standard InChI is InChI=1S/C27H29N3O4.C19H22N2O2.C7H7ClN2O2.ClH/c1-2-33-25(31)22-18-28-24(29-19-22)17-27(23-11-7-4-8-12-23)13-15-30(16-14-27)26(32)34-20-21-9-5-3-6-10-21;20-19(17-9-5-2-6-10-17)11-13-21(14-12-19)18(22)23-15-16-7-3-1-4-8-16;1-2-12-6(11)5-3-9-7(8)10-4-5;/h3-12,18-19H,2,13-17,20H2,1H3;1-10H,11-15,20H2;3-4H,2H2,1H3;1H. The molecule has 6 aromatic rings. The largest absolute Gasteiger partial charge is 0.462 e. The summed E-state index contributed by atoms with van der Waals surface area (Å²) in [5.74, 6) is -0.194. The smallest absolute Gasteiger partial charge is 0.410 e. The number of rotatable bonds is 12. The lowest BCUT2D eigenvalue weighted by Crippen LogP contribution is -2.49. The van der Waals surface area contributed by atoms with Gasteiger partial charge in [0.25, 0.3) is 0 Å². The summed E-state index contributed by atoms with van der Waals surface area (Å²) in [6.07, 6.45) is 8.79. The summed E-state index contributed by atoms with van der Waals surface area (Å²) in [5, 5.41) is 0.114. The molecule has 2 aliphatic heterocycles. The summed E-state index contributed by atoms with van der Waals surface area (Å²) in [5.41, 5.74) is 10.9. The van der Waals surface area contributed by atoms with E-state index >= 15 is 0 Å². The number of aromatic nitrogens is 4. The van der Waals surface area contributed by atoms with E-state index in [9.17, 15) is 19.2 Å². The molecule has 368 valence electrons. The minimum Gasteiger partial charge on any atom is -0.462 e. The normalized spacial score (nSPS) is 14.4. The summed E-state index contributed by atoms with van der Waals surface area (Å²) in [6.45, 7) is 7.13. The number of esters is 2. The zero-order valence-electron chi connectivity index (χ0n) is 39.4. The number of likely N-dealkylation sites (tertiary alicyclic amines) is 2. The first-order valence-corrected chi connectivity index (χ1v) is 23.3. The maximum Gasteiger partial charge on any atom is 0.410 e. The lowest BCUT2D eigenvalue weighted by Gasteiger charge is -2.41. The van der Waals surface area contributed by atoms with Crippen LogP contribution in [0.15, 0.2) is 146 Å². The third-order valence-corrected chi connectivity index (χ3v) is 12.1. The van der Waals surface area contributed by atoms with E-state index < -0.39 is 11.9 Å². The minimum atomic E-state index is -0.436. The van der Waals surface area contributed by atoms with E-state index in [2.05, 4.69) is 44.2 Å². The van der Waals surface area contributed by atoms with Crippen molar-refractivity contribution in [1.29, 1.82) is 0 Å². The van der Waals surface area contributed by atoms with Gasteiger partial charge in [0.05, 0.1) is 24.3 Å². The molecular formula is C53H59Cl2N7O8. The maximum absolute atomic E-state index is 12.7. The summed E-state index contributed by atoms with van der Waals surface area (Å²) in [4.78, 5) is 67.5. The lowest BCUT2D eigenvalue weighted by atomic mass is 9.70. The van der Waals surface area contributed by atoms with Crippen LogP contribution in [0.3, 0.4) is 0 Å². The Morgan fingerprint density at radius 2 is 0.914 bits per heavy atom. The zero-order chi connectivity index (χ0) is 48.9. The Hall–Kier alpha value is -6.94. The van der Waals surface area contributed by atoms with Gasteiger partial charge in [-0.25, -0.2) is 39.1 Å². The van der Waals surface area contributed by atoms with E-state index in [1.165, 1.54) is 30.4 Å². The fourth-order valence-corrected chi connectivity index (χ4v) is 8.04. The molecule has 0 atom stereocenters. The molecule has 0 spiro atoms. The predicted molar refractivity (Wildman–Crippen MR) is 267 cm³/mol. The number of nitrogens with zero attached hydrogens (tertiary/aromatic N) is 6. The second kappa shape index (κ2) is 27.3. The quantitative estimate of drug-likeness (QED) is 0.0694. The van der Waals surface area contributed by atoms with Crippen molar-refractivity contribution in [2.75, 3.05) is 39.4 Å². The van der Waals surface area contributed by atoms with E-state index in [1.54, 1.807) is 23.6 Å². The molecule has 0 aliphatic carbocycles. The van der Waals surface area contributed by atoms with Crippen molar-refractivity contribution in [3.63, 3.8) is 0 Å². The van der Waals surface area contributed by atoms with Gasteiger partial charge in [-0.2, -0.15) is 0 Å². The highest BCUT2D eigenvalue weighted by molar-refractivity contribution is 6.28. The van der Waals surface area contributed by atoms with Gasteiger partial charge in [0.1, 0.15) is 19.0 Å². The number of amides is 2. The van der Waals surface area contributed by atoms with Crippen LogP contribution in [-0.4, -0.2) is 93.3 Å². The molecule has 2 fully saturated rings. The molecule has 2 N–H and O–H groups in total. The molecule has 0 radical (unpaired) electrons. The van der Waals surface area contributed by atoms with Gasteiger partial charge in [-0.3, -0.25) is 0 Å². The van der Waals surface area contributed by atoms with Crippen molar-refractivity contribution < 1.29 is 38.1 Å². The maximum atomic E-state index is 12.7. The number of benzene rings is 4. The molecule has 0 bridgehead atoms. The number of halogens is 2. The third-order valence-electron chi connectivity index (χ3n) is 11.9. The van der Waals surface area contributed by atoms with Crippen molar-refractivity contribution >= 4 is 48.1 Å². The number of piperidine rings is 2. The first-order chi connectivity index (χ1) is 33.5. The molecule has 8 rings (SSSR count). The number of carbonyl (C=O) groups is 4. The van der Waals surface area contributed by atoms with Crippen LogP contribution in [0.4, 0.5) is 9.59 Å². The van der Waals surface area contributed by atoms with Crippen molar-refractivity contribution in [1.82, 2.24) is 29.7 Å². The van der Waals surface area contributed by atoms with E-state index in [-0.39, 0.29) is 47.4 Å². The highest BCUT2D eigenvalue weighted by Gasteiger charge is 2.39. The molecule has 15 nitrogen and oxygen atoms in total. The Kier molecular flexibility index (Phi) is 21.1. The summed E-state index contributed by atoms with van der Waals surface area (Å²) >= 11 is 5.42. The van der Waals surface area contributed by atoms with Crippen molar-refractivity contribution in [3.05, 3.63) is 191 Å². The molecule has 2 aliphatic rings. The van der Waals surface area contributed by atoms with Crippen molar-refractivity contribution in [2.24, 2.45) is 5.73 Å². The van der Waals surface area contributed by atoms with Gasteiger partial charge in [-0.1, -0.05) is 121 Å². The van der Waals surface area contributed by atoms with Crippen LogP contribution < -0.4 is 5.73 Å². The summed E-state index contributed by atoms with van der Waals surface area (Å²) in [6, 6.07) is 39.8. The molecule has 2 amide bonds. The van der Waals surface area contributed by atoms with E-state index in [0.717, 1.165) is 42.4 Å². The highest BCUT2D eigenvalue weighted by Crippen LogP contribution is 2.38. The van der Waals surface area contributed by atoms with Crippen LogP contribution >= 0.6 is 24.0 Å². The van der Waals surface area contributed by atoms with Gasteiger partial charge in [-0.15, -0.1) is 12.4 Å². The summed E-state index contributed by atoms with van der Waals surface area (Å²) in [7, 11) is 0. The Balaban J connectivity index is 0.000000218. The first-order valence-electron chi connectivity index (χ1n) is 22.9. The van der Waals surface area contributed by atoms with Crippen LogP contribution in [0, 0.1) is 0 Å². The van der Waals surface area contributed by atoms with Crippen LogP contribution in [0.5, 0.6) is 0 Å². The van der Waals surface area contributed by atoms with Gasteiger partial charge in [0.15, 0.2) is 0 Å². The minimum absolute atomic E-state index is 0. The fraction of sp³-hybridized carbons (Fsp3) is 0.321. The number of hydrogen-bond acceptors (Lipinski definition) is 13. The average Bonchev–Trinajstić information content (AvgIpc) is 3.40. The van der Waals surface area contributed by atoms with Gasteiger partial charge in [-0.05, 0) is 73.4 Å². The SMILES string of the molecule is CCOC(=O)c1cnc(CC2(c3ccccc3)CCN(C(=O)OCc3ccccc3)CC2)nc1.CCOC(=O)c1cnc(Cl)nc1.Cl.NC1(c2ccccc2)CCN(C(=O)OCc2ccccc2)CC1. The topological polar surface area (TPSA) is 189 Å². The Labute approximate surface area is 420 Å². The van der Waals surface area contributed by atoms with Gasteiger partial charge < -0.3 is 34.5 Å². The van der Waals surface area contributed by atoms with E-state index in [1.807, 2.05) is 97.1 Å². The molecule has 4 aromatic carbocycles. The van der Waals surface area contributed by atoms with Crippen LogP contribution in [0.2, 0.25) is 5.28 Å². The predicted octanol–water partition coefficient (Wildman–Crippen LogP) is 9.57. The fourth-order valence-electron chi connectivity index (χ4n) is 7.95. The van der Waals surface area contributed by atoms with Crippen LogP contribution in [-0.2, 0) is 49.5 Å². The molecule has 0 saturated carbocycles. The van der Waals surface area contributed by atoms with E-state index in [4.69, 9.17) is 36.3 Å². The zero-order valence-corrected chi connectivity index (χ0v) is 40.9. The highest BCUT2D eigenvalue weighted by atomic mass is 35.5. The molecular weight excluding hydrogens is 934 g/mol. The second-order valence-electron chi connectivity index (χ2n) is 16.5. The molecule has 0 unspecified atom stereocenters. The Bertz CT molecular complexity index is 2520. The Morgan fingerprint density at radius 1 is 0.543 bits per heavy atom. The van der Waals surface area contributed by atoms with Crippen molar-refractivity contribution in [2.45, 2.75) is 70.1 Å². The number of nitrogens with two attached hydrogens (primary N) is 1. The molecule has 17 heteroatoms. The number of carbonyl (C=O) groups excluding carboxylic acids is 4. The summed E-state index contributed by atoms with van der Waals surface area (Å²) < 4.78 is 20.6. The van der Waals surface area contributed by atoms with Gasteiger partial charge >= 0.3 is 24.1 Å². The van der Waals surface area contributed by atoms with Crippen LogP contribution in [0.1, 0.15) is 88.3 Å². The Morgan fingerprint density at radius 3 is 1.33 bits per heavy atom. The monoisotopic (exact) mass is 991 g/mol. The lowest BCUT2D eigenvalue weighted by molar-refractivity contribution is 0.0515. The number of ether oxygens (including phenoxy) is 4. The third kappa shape index (κ3) is 15.8. The average molecular weight is 993 g/mol. The molecule has 70 heavy (non-hydrogen) atoms.